The Morgan fingerprint density at radius 1 is 1.12 bits per heavy atom. The van der Waals surface area contributed by atoms with Crippen LogP contribution >= 0.6 is 0 Å². The minimum Gasteiger partial charge on any atom is -0.451 e. The molecule has 32 heavy (non-hydrogen) atoms. The quantitative estimate of drug-likeness (QED) is 0.586. The molecule has 0 atom stereocenters. The maximum Gasteiger partial charge on any atom is 0.289 e. The molecule has 0 unspecified atom stereocenters. The number of hydrogen-bond donors (Lipinski definition) is 0. The van der Waals surface area contributed by atoms with Gasteiger partial charge < -0.3 is 14.2 Å². The van der Waals surface area contributed by atoms with Gasteiger partial charge in [-0.2, -0.15) is 5.10 Å². The van der Waals surface area contributed by atoms with E-state index >= 15 is 0 Å². The molecule has 0 saturated carbocycles. The van der Waals surface area contributed by atoms with Gasteiger partial charge in [-0.3, -0.25) is 14.3 Å². The zero-order valence-electron chi connectivity index (χ0n) is 19.6. The predicted molar refractivity (Wildman–Crippen MR) is 126 cm³/mol. The Morgan fingerprint density at radius 3 is 2.50 bits per heavy atom. The molecule has 172 valence electrons. The first-order valence-electron chi connectivity index (χ1n) is 11.4. The van der Waals surface area contributed by atoms with Gasteiger partial charge in [0.15, 0.2) is 5.76 Å². The molecule has 2 aromatic heterocycles. The predicted octanol–water partition coefficient (Wildman–Crippen LogP) is 4.54. The Hall–Kier alpha value is -3.09. The van der Waals surface area contributed by atoms with Crippen molar-refractivity contribution in [3.05, 3.63) is 54.0 Å². The summed E-state index contributed by atoms with van der Waals surface area (Å²) in [5.41, 5.74) is 1.97. The van der Waals surface area contributed by atoms with Gasteiger partial charge in [-0.05, 0) is 42.9 Å². The van der Waals surface area contributed by atoms with Crippen molar-refractivity contribution >= 4 is 22.8 Å². The van der Waals surface area contributed by atoms with Crippen LogP contribution < -0.4 is 0 Å². The molecule has 7 nitrogen and oxygen atoms in total. The number of carbonyl (C=O) groups excluding carboxylic acids is 2. The molecule has 1 aromatic carbocycles. The van der Waals surface area contributed by atoms with Crippen molar-refractivity contribution in [3.8, 4) is 0 Å². The van der Waals surface area contributed by atoms with Crippen LogP contribution in [0, 0.1) is 0 Å². The van der Waals surface area contributed by atoms with Gasteiger partial charge in [0.25, 0.3) is 5.91 Å². The number of likely N-dealkylation sites (tertiary alicyclic amines) is 1. The lowest BCUT2D eigenvalue weighted by Crippen LogP contribution is -2.36. The Labute approximate surface area is 190 Å². The number of fused-ring (bicyclic) bond motifs is 1. The molecule has 3 aromatic rings. The van der Waals surface area contributed by atoms with Crippen LogP contribution in [0.25, 0.3) is 11.0 Å². The van der Waals surface area contributed by atoms with E-state index in [1.165, 1.54) is 11.3 Å². The monoisotopic (exact) mass is 438 g/mol. The van der Waals surface area contributed by atoms with Crippen molar-refractivity contribution in [1.29, 1.82) is 0 Å². The van der Waals surface area contributed by atoms with Crippen LogP contribution in [0.2, 0.25) is 0 Å². The lowest BCUT2D eigenvalue weighted by molar-refractivity contribution is -0.132. The molecular weight excluding hydrogens is 404 g/mol. The third-order valence-corrected chi connectivity index (χ3v) is 5.64. The van der Waals surface area contributed by atoms with Gasteiger partial charge in [-0.25, -0.2) is 0 Å². The van der Waals surface area contributed by atoms with Crippen LogP contribution in [0.15, 0.2) is 47.1 Å². The van der Waals surface area contributed by atoms with E-state index in [0.29, 0.717) is 24.6 Å². The van der Waals surface area contributed by atoms with Crippen LogP contribution in [-0.2, 0) is 11.3 Å². The van der Waals surface area contributed by atoms with Crippen LogP contribution in [0.1, 0.15) is 61.6 Å². The van der Waals surface area contributed by atoms with E-state index in [4.69, 9.17) is 4.42 Å². The summed E-state index contributed by atoms with van der Waals surface area (Å²) in [4.78, 5) is 27.1. The van der Waals surface area contributed by atoms with E-state index in [-0.39, 0.29) is 11.8 Å². The highest BCUT2D eigenvalue weighted by Gasteiger charge is 2.17. The fourth-order valence-corrected chi connectivity index (χ4v) is 3.81. The average molecular weight is 439 g/mol. The van der Waals surface area contributed by atoms with E-state index in [1.54, 1.807) is 20.3 Å². The summed E-state index contributed by atoms with van der Waals surface area (Å²) in [5, 5.41) is 5.07. The highest BCUT2D eigenvalue weighted by Crippen LogP contribution is 2.28. The number of carbonyl (C=O) groups is 2. The van der Waals surface area contributed by atoms with Gasteiger partial charge in [0.05, 0.1) is 0 Å². The number of furan rings is 1. The topological polar surface area (TPSA) is 71.6 Å². The average Bonchev–Trinajstić information content (AvgIpc) is 3.47. The second kappa shape index (κ2) is 11.0. The zero-order chi connectivity index (χ0) is 23.1. The molecule has 1 aliphatic rings. The lowest BCUT2D eigenvalue weighted by Gasteiger charge is -2.26. The number of benzene rings is 1. The molecule has 0 radical (unpaired) electrons. The summed E-state index contributed by atoms with van der Waals surface area (Å²) >= 11 is 0. The van der Waals surface area contributed by atoms with Crippen molar-refractivity contribution in [2.75, 3.05) is 27.2 Å². The Kier molecular flexibility index (Phi) is 8.09. The molecule has 2 amide bonds. The molecular formula is C25H34N4O3. The maximum atomic E-state index is 11.8. The van der Waals surface area contributed by atoms with Gasteiger partial charge in [-0.15, -0.1) is 0 Å². The third kappa shape index (κ3) is 5.99. The summed E-state index contributed by atoms with van der Waals surface area (Å²) in [6, 6.07) is 9.70. The van der Waals surface area contributed by atoms with Crippen molar-refractivity contribution in [1.82, 2.24) is 19.6 Å². The van der Waals surface area contributed by atoms with Crippen molar-refractivity contribution < 1.29 is 14.0 Å². The molecule has 0 spiro atoms. The normalized spacial score (nSPS) is 13.7. The van der Waals surface area contributed by atoms with Crippen molar-refractivity contribution in [3.63, 3.8) is 0 Å². The number of aryl methyl sites for hydroxylation is 1. The fraction of sp³-hybridized carbons (Fsp3) is 0.480. The summed E-state index contributed by atoms with van der Waals surface area (Å²) in [5.74, 6) is 0.950. The molecule has 0 aliphatic carbocycles. The van der Waals surface area contributed by atoms with Gasteiger partial charge in [0.1, 0.15) is 5.58 Å². The first kappa shape index (κ1) is 23.6. The van der Waals surface area contributed by atoms with E-state index in [0.717, 1.165) is 42.5 Å². The van der Waals surface area contributed by atoms with Gasteiger partial charge in [0, 0.05) is 57.9 Å². The SMILES string of the molecule is CC(C)c1cccc2cc(C(=O)N(C)C)oc12.O=C(CCn1cccn1)N1CCCCC1. The lowest BCUT2D eigenvalue weighted by atomic mass is 10.0. The Morgan fingerprint density at radius 2 is 1.88 bits per heavy atom. The number of piperidine rings is 1. The summed E-state index contributed by atoms with van der Waals surface area (Å²) in [6.45, 7) is 6.81. The van der Waals surface area contributed by atoms with Crippen LogP contribution in [0.4, 0.5) is 0 Å². The first-order valence-corrected chi connectivity index (χ1v) is 11.4. The molecule has 1 aliphatic heterocycles. The molecule has 1 fully saturated rings. The number of aromatic nitrogens is 2. The number of rotatable bonds is 5. The number of amides is 2. The highest BCUT2D eigenvalue weighted by atomic mass is 16.3. The highest BCUT2D eigenvalue weighted by molar-refractivity contribution is 5.96. The number of hydrogen-bond acceptors (Lipinski definition) is 4. The second-order valence-electron chi connectivity index (χ2n) is 8.69. The number of para-hydroxylation sites is 1. The molecule has 4 rings (SSSR count). The standard InChI is InChI=1S/C14H17NO2.C11H17N3O/c1-9(2)11-7-5-6-10-8-12(17-13(10)11)14(16)15(3)4;15-11(13-7-2-1-3-8-13)5-10-14-9-4-6-12-14/h5-9H,1-4H3;4,6,9H,1-3,5,7-8,10H2. The molecule has 3 heterocycles. The second-order valence-corrected chi connectivity index (χ2v) is 8.69. The fourth-order valence-electron chi connectivity index (χ4n) is 3.81. The van der Waals surface area contributed by atoms with Crippen molar-refractivity contribution in [2.24, 2.45) is 0 Å². The van der Waals surface area contributed by atoms with E-state index in [2.05, 4.69) is 18.9 Å². The third-order valence-electron chi connectivity index (χ3n) is 5.64. The van der Waals surface area contributed by atoms with Crippen LogP contribution in [0.3, 0.4) is 0 Å². The van der Waals surface area contributed by atoms with Crippen LogP contribution in [-0.4, -0.2) is 58.6 Å². The van der Waals surface area contributed by atoms with Crippen molar-refractivity contribution in [2.45, 2.75) is 52.0 Å². The maximum absolute atomic E-state index is 11.8. The Bertz CT molecular complexity index is 1020. The molecule has 7 heteroatoms. The number of nitrogens with zero attached hydrogens (tertiary/aromatic N) is 4. The van der Waals surface area contributed by atoms with E-state index < -0.39 is 0 Å². The zero-order valence-corrected chi connectivity index (χ0v) is 19.6. The van der Waals surface area contributed by atoms with Gasteiger partial charge >= 0.3 is 0 Å². The molecule has 1 saturated heterocycles. The minimum absolute atomic E-state index is 0.101. The smallest absolute Gasteiger partial charge is 0.289 e. The first-order chi connectivity index (χ1) is 15.4. The molecule has 0 bridgehead atoms. The summed E-state index contributed by atoms with van der Waals surface area (Å²) in [7, 11) is 3.44. The largest absolute Gasteiger partial charge is 0.451 e. The van der Waals surface area contributed by atoms with Gasteiger partial charge in [0.2, 0.25) is 5.91 Å². The summed E-state index contributed by atoms with van der Waals surface area (Å²) < 4.78 is 7.50. The summed E-state index contributed by atoms with van der Waals surface area (Å²) in [6.07, 6.45) is 7.79. The van der Waals surface area contributed by atoms with E-state index in [9.17, 15) is 9.59 Å². The van der Waals surface area contributed by atoms with Crippen LogP contribution in [0.5, 0.6) is 0 Å². The van der Waals surface area contributed by atoms with Gasteiger partial charge in [-0.1, -0.05) is 32.0 Å². The Balaban J connectivity index is 0.000000182. The minimum atomic E-state index is -0.101. The van der Waals surface area contributed by atoms with E-state index in [1.807, 2.05) is 46.1 Å². The molecule has 0 N–H and O–H groups in total.